The van der Waals surface area contributed by atoms with E-state index >= 15 is 0 Å². The van der Waals surface area contributed by atoms with E-state index in [1.165, 1.54) is 6.07 Å². The van der Waals surface area contributed by atoms with E-state index in [0.717, 1.165) is 15.9 Å². The summed E-state index contributed by atoms with van der Waals surface area (Å²) in [7, 11) is 0. The lowest BCUT2D eigenvalue weighted by atomic mass is 10.0. The Kier molecular flexibility index (Phi) is 5.65. The van der Waals surface area contributed by atoms with Gasteiger partial charge in [-0.2, -0.15) is 0 Å². The highest BCUT2D eigenvalue weighted by Crippen LogP contribution is 2.43. The molecule has 3 heterocycles. The first kappa shape index (κ1) is 21.3. The maximum absolute atomic E-state index is 11.5. The number of hydrogen-bond donors (Lipinski definition) is 1. The summed E-state index contributed by atoms with van der Waals surface area (Å²) in [6.45, 7) is 0. The van der Waals surface area contributed by atoms with Gasteiger partial charge in [0.2, 0.25) is 0 Å². The number of furan rings is 1. The van der Waals surface area contributed by atoms with Crippen molar-refractivity contribution in [1.82, 2.24) is 10.3 Å². The second-order valence-corrected chi connectivity index (χ2v) is 8.75. The van der Waals surface area contributed by atoms with Crippen LogP contribution in [0.1, 0.15) is 23.5 Å². The first-order valence-electron chi connectivity index (χ1n) is 10.1. The molecule has 33 heavy (non-hydrogen) atoms. The number of aromatic nitrogens is 1. The summed E-state index contributed by atoms with van der Waals surface area (Å²) in [5.74, 6) is 1.04. The van der Waals surface area contributed by atoms with Gasteiger partial charge in [0.05, 0.1) is 22.2 Å². The van der Waals surface area contributed by atoms with E-state index in [1.54, 1.807) is 30.5 Å². The predicted octanol–water partition coefficient (Wildman–Crippen LogP) is 6.19. The number of benzene rings is 2. The fourth-order valence-electron chi connectivity index (χ4n) is 4.02. The highest BCUT2D eigenvalue weighted by atomic mass is 79.9. The molecule has 0 unspecified atom stereocenters. The third-order valence-electron chi connectivity index (χ3n) is 5.49. The number of thiocarbonyl (C=S) groups is 1. The SMILES string of the molecule is O=[N+]([O-])c1ccccc1-c1ccc([C@@H]2[C@@H](c3ccccn3)NC(=S)N2c2ccc(Br)cc2)o1. The van der Waals surface area contributed by atoms with Crippen LogP contribution < -0.4 is 10.2 Å². The van der Waals surface area contributed by atoms with Gasteiger partial charge in [0.25, 0.3) is 5.69 Å². The molecule has 1 fully saturated rings. The van der Waals surface area contributed by atoms with Crippen LogP contribution in [0.25, 0.3) is 11.3 Å². The van der Waals surface area contributed by atoms with Gasteiger partial charge in [0, 0.05) is 22.4 Å². The van der Waals surface area contributed by atoms with Gasteiger partial charge in [-0.1, -0.05) is 34.1 Å². The van der Waals surface area contributed by atoms with E-state index < -0.39 is 4.92 Å². The first-order chi connectivity index (χ1) is 16.0. The zero-order valence-electron chi connectivity index (χ0n) is 17.1. The predicted molar refractivity (Wildman–Crippen MR) is 133 cm³/mol. The summed E-state index contributed by atoms with van der Waals surface area (Å²) in [6, 6.07) is 23.1. The fraction of sp³-hybridized carbons (Fsp3) is 0.0833. The van der Waals surface area contributed by atoms with Crippen molar-refractivity contribution in [3.8, 4) is 11.3 Å². The Bertz CT molecular complexity index is 1330. The average molecular weight is 521 g/mol. The molecule has 7 nitrogen and oxygen atoms in total. The Hall–Kier alpha value is -3.56. The van der Waals surface area contributed by atoms with Crippen molar-refractivity contribution in [3.63, 3.8) is 0 Å². The number of nitrogens with one attached hydrogen (secondary N) is 1. The molecule has 2 aromatic carbocycles. The van der Waals surface area contributed by atoms with Crippen molar-refractivity contribution in [2.75, 3.05) is 4.90 Å². The Labute approximate surface area is 203 Å². The first-order valence-corrected chi connectivity index (χ1v) is 11.3. The number of pyridine rings is 1. The van der Waals surface area contributed by atoms with Crippen LogP contribution in [-0.2, 0) is 0 Å². The molecule has 2 aromatic heterocycles. The second kappa shape index (κ2) is 8.76. The summed E-state index contributed by atoms with van der Waals surface area (Å²) < 4.78 is 7.19. The topological polar surface area (TPSA) is 84.4 Å². The molecule has 0 radical (unpaired) electrons. The minimum Gasteiger partial charge on any atom is -0.459 e. The van der Waals surface area contributed by atoms with Gasteiger partial charge in [-0.25, -0.2) is 0 Å². The molecule has 5 rings (SSSR count). The maximum Gasteiger partial charge on any atom is 0.280 e. The van der Waals surface area contributed by atoms with Gasteiger partial charge in [0.15, 0.2) is 5.11 Å². The number of nitrogens with zero attached hydrogens (tertiary/aromatic N) is 3. The fourth-order valence-corrected chi connectivity index (χ4v) is 4.63. The molecule has 4 aromatic rings. The van der Waals surface area contributed by atoms with E-state index in [1.807, 2.05) is 53.4 Å². The number of nitro benzene ring substituents is 1. The number of halogens is 1. The number of hydrogen-bond acceptors (Lipinski definition) is 5. The van der Waals surface area contributed by atoms with Gasteiger partial charge in [-0.05, 0) is 66.8 Å². The summed E-state index contributed by atoms with van der Waals surface area (Å²) in [6.07, 6.45) is 1.74. The molecule has 1 aliphatic rings. The normalized spacial score (nSPS) is 17.7. The average Bonchev–Trinajstić information content (AvgIpc) is 3.45. The molecular formula is C24H17BrN4O3S. The summed E-state index contributed by atoms with van der Waals surface area (Å²) in [4.78, 5) is 17.6. The van der Waals surface area contributed by atoms with Crippen molar-refractivity contribution in [2.45, 2.75) is 12.1 Å². The van der Waals surface area contributed by atoms with Crippen LogP contribution in [0.4, 0.5) is 11.4 Å². The standard InChI is InChI=1S/C24H17BrN4O3S/c25-15-8-10-16(11-9-15)28-23(22(27-24(28)33)18-6-3-4-14-26-18)21-13-12-20(32-21)17-5-1-2-7-19(17)29(30)31/h1-14,22-23H,(H,27,33)/t22-,23-/m1/s1. The maximum atomic E-state index is 11.5. The lowest BCUT2D eigenvalue weighted by Gasteiger charge is -2.26. The van der Waals surface area contributed by atoms with Gasteiger partial charge in [0.1, 0.15) is 17.6 Å². The Balaban J connectivity index is 1.61. The van der Waals surface area contributed by atoms with Crippen LogP contribution in [0.3, 0.4) is 0 Å². The quantitative estimate of drug-likeness (QED) is 0.191. The summed E-state index contributed by atoms with van der Waals surface area (Å²) in [5.41, 5.74) is 2.12. The highest BCUT2D eigenvalue weighted by Gasteiger charge is 2.42. The van der Waals surface area contributed by atoms with Crippen molar-refractivity contribution < 1.29 is 9.34 Å². The number of nitro groups is 1. The molecule has 1 N–H and O–H groups in total. The number of anilines is 1. The Morgan fingerprint density at radius 3 is 2.52 bits per heavy atom. The molecule has 1 aliphatic heterocycles. The molecule has 9 heteroatoms. The van der Waals surface area contributed by atoms with Crippen molar-refractivity contribution in [2.24, 2.45) is 0 Å². The second-order valence-electron chi connectivity index (χ2n) is 7.45. The van der Waals surface area contributed by atoms with Gasteiger partial charge >= 0.3 is 0 Å². The van der Waals surface area contributed by atoms with Crippen LogP contribution in [0, 0.1) is 10.1 Å². The van der Waals surface area contributed by atoms with Crippen LogP contribution >= 0.6 is 28.1 Å². The lowest BCUT2D eigenvalue weighted by molar-refractivity contribution is -0.384. The van der Waals surface area contributed by atoms with Crippen LogP contribution in [0.5, 0.6) is 0 Å². The molecule has 0 aliphatic carbocycles. The van der Waals surface area contributed by atoms with Crippen molar-refractivity contribution >= 4 is 44.6 Å². The summed E-state index contributed by atoms with van der Waals surface area (Å²) >= 11 is 9.18. The minimum atomic E-state index is -0.408. The third-order valence-corrected chi connectivity index (χ3v) is 6.33. The molecule has 0 saturated carbocycles. The van der Waals surface area contributed by atoms with Crippen LogP contribution in [-0.4, -0.2) is 15.0 Å². The Morgan fingerprint density at radius 1 is 1.03 bits per heavy atom. The molecule has 2 atom stereocenters. The molecule has 0 spiro atoms. The smallest absolute Gasteiger partial charge is 0.280 e. The largest absolute Gasteiger partial charge is 0.459 e. The van der Waals surface area contributed by atoms with E-state index in [9.17, 15) is 10.1 Å². The van der Waals surface area contributed by atoms with E-state index in [2.05, 4.69) is 26.2 Å². The van der Waals surface area contributed by atoms with E-state index in [0.29, 0.717) is 22.2 Å². The van der Waals surface area contributed by atoms with Gasteiger partial charge < -0.3 is 14.6 Å². The lowest BCUT2D eigenvalue weighted by Crippen LogP contribution is -2.29. The highest BCUT2D eigenvalue weighted by molar-refractivity contribution is 9.10. The molecule has 0 bridgehead atoms. The molecule has 164 valence electrons. The zero-order chi connectivity index (χ0) is 22.9. The molecular weight excluding hydrogens is 504 g/mol. The van der Waals surface area contributed by atoms with Gasteiger partial charge in [-0.3, -0.25) is 15.1 Å². The third kappa shape index (κ3) is 4.01. The van der Waals surface area contributed by atoms with Crippen LogP contribution in [0.2, 0.25) is 0 Å². The monoisotopic (exact) mass is 520 g/mol. The van der Waals surface area contributed by atoms with E-state index in [4.69, 9.17) is 16.6 Å². The van der Waals surface area contributed by atoms with Gasteiger partial charge in [-0.15, -0.1) is 0 Å². The molecule has 1 saturated heterocycles. The molecule has 0 amide bonds. The van der Waals surface area contributed by atoms with Crippen molar-refractivity contribution in [3.05, 3.63) is 111 Å². The zero-order valence-corrected chi connectivity index (χ0v) is 19.5. The minimum absolute atomic E-state index is 0.00971. The summed E-state index contributed by atoms with van der Waals surface area (Å²) in [5, 5.41) is 15.4. The number of para-hydroxylation sites is 1. The van der Waals surface area contributed by atoms with Crippen LogP contribution in [0.15, 0.2) is 93.9 Å². The van der Waals surface area contributed by atoms with E-state index in [-0.39, 0.29) is 17.8 Å². The Morgan fingerprint density at radius 2 is 1.79 bits per heavy atom. The number of rotatable bonds is 5. The van der Waals surface area contributed by atoms with Crippen molar-refractivity contribution in [1.29, 1.82) is 0 Å².